The molecule has 0 amide bonds. The standard InChI is InChI=1S/C12H19N3/c1-5-7-11(13-8-6-2)12-9-10(3)14-15(12)4/h1,9,11,13H,6-8H2,2-4H3. The van der Waals surface area contributed by atoms with Crippen LogP contribution < -0.4 is 5.32 Å². The normalized spacial score (nSPS) is 12.4. The summed E-state index contributed by atoms with van der Waals surface area (Å²) in [7, 11) is 1.96. The molecular weight excluding hydrogens is 186 g/mol. The van der Waals surface area contributed by atoms with Crippen molar-refractivity contribution in [2.75, 3.05) is 6.54 Å². The molecule has 1 aromatic heterocycles. The molecular formula is C12H19N3. The summed E-state index contributed by atoms with van der Waals surface area (Å²) in [6.07, 6.45) is 7.19. The number of aryl methyl sites for hydroxylation is 2. The highest BCUT2D eigenvalue weighted by molar-refractivity contribution is 5.15. The zero-order chi connectivity index (χ0) is 11.3. The van der Waals surface area contributed by atoms with Gasteiger partial charge in [-0.3, -0.25) is 4.68 Å². The highest BCUT2D eigenvalue weighted by Crippen LogP contribution is 2.16. The van der Waals surface area contributed by atoms with Crippen molar-refractivity contribution in [2.45, 2.75) is 32.7 Å². The fourth-order valence-corrected chi connectivity index (χ4v) is 1.67. The van der Waals surface area contributed by atoms with E-state index in [1.807, 2.05) is 18.7 Å². The molecule has 3 heteroatoms. The van der Waals surface area contributed by atoms with Gasteiger partial charge >= 0.3 is 0 Å². The lowest BCUT2D eigenvalue weighted by atomic mass is 10.1. The maximum absolute atomic E-state index is 5.38. The summed E-state index contributed by atoms with van der Waals surface area (Å²) >= 11 is 0. The second-order valence-corrected chi connectivity index (χ2v) is 3.75. The van der Waals surface area contributed by atoms with Crippen LogP contribution in [-0.4, -0.2) is 16.3 Å². The van der Waals surface area contributed by atoms with Crippen molar-refractivity contribution in [3.63, 3.8) is 0 Å². The minimum Gasteiger partial charge on any atom is -0.308 e. The van der Waals surface area contributed by atoms with Gasteiger partial charge in [0, 0.05) is 13.5 Å². The zero-order valence-corrected chi connectivity index (χ0v) is 9.75. The molecule has 0 aliphatic rings. The second-order valence-electron chi connectivity index (χ2n) is 3.75. The Bertz CT molecular complexity index is 346. The van der Waals surface area contributed by atoms with Gasteiger partial charge < -0.3 is 5.32 Å². The van der Waals surface area contributed by atoms with E-state index in [-0.39, 0.29) is 6.04 Å². The van der Waals surface area contributed by atoms with Crippen LogP contribution in [0.2, 0.25) is 0 Å². The van der Waals surface area contributed by atoms with Gasteiger partial charge in [0.1, 0.15) is 0 Å². The first kappa shape index (κ1) is 11.8. The third-order valence-corrected chi connectivity index (χ3v) is 2.36. The number of hydrogen-bond donors (Lipinski definition) is 1. The molecule has 0 bridgehead atoms. The molecule has 1 N–H and O–H groups in total. The van der Waals surface area contributed by atoms with E-state index in [2.05, 4.69) is 29.3 Å². The lowest BCUT2D eigenvalue weighted by molar-refractivity contribution is 0.504. The number of terminal acetylenes is 1. The summed E-state index contributed by atoms with van der Waals surface area (Å²) in [5, 5.41) is 7.77. The molecule has 0 radical (unpaired) electrons. The van der Waals surface area contributed by atoms with Gasteiger partial charge in [0.2, 0.25) is 0 Å². The summed E-state index contributed by atoms with van der Waals surface area (Å²) in [6, 6.07) is 2.31. The van der Waals surface area contributed by atoms with Gasteiger partial charge in [0.15, 0.2) is 0 Å². The van der Waals surface area contributed by atoms with Gasteiger partial charge in [0.05, 0.1) is 17.4 Å². The molecule has 1 aromatic rings. The monoisotopic (exact) mass is 205 g/mol. The van der Waals surface area contributed by atoms with Crippen molar-refractivity contribution in [3.05, 3.63) is 17.5 Å². The fraction of sp³-hybridized carbons (Fsp3) is 0.583. The SMILES string of the molecule is C#CCC(NCCC)c1cc(C)nn1C. The van der Waals surface area contributed by atoms with Crippen LogP contribution in [0.4, 0.5) is 0 Å². The van der Waals surface area contributed by atoms with E-state index in [0.717, 1.165) is 18.7 Å². The molecule has 15 heavy (non-hydrogen) atoms. The molecule has 0 aliphatic heterocycles. The Hall–Kier alpha value is -1.27. The predicted molar refractivity (Wildman–Crippen MR) is 62.4 cm³/mol. The summed E-state index contributed by atoms with van der Waals surface area (Å²) in [4.78, 5) is 0. The van der Waals surface area contributed by atoms with Crippen molar-refractivity contribution in [3.8, 4) is 12.3 Å². The van der Waals surface area contributed by atoms with Crippen molar-refractivity contribution in [1.29, 1.82) is 0 Å². The molecule has 82 valence electrons. The number of nitrogens with one attached hydrogen (secondary N) is 1. The van der Waals surface area contributed by atoms with Crippen LogP contribution in [0.5, 0.6) is 0 Å². The molecule has 1 atom stereocenters. The lowest BCUT2D eigenvalue weighted by Gasteiger charge is -2.15. The Balaban J connectivity index is 2.79. The number of nitrogens with zero attached hydrogens (tertiary/aromatic N) is 2. The van der Waals surface area contributed by atoms with Crippen molar-refractivity contribution in [1.82, 2.24) is 15.1 Å². The Morgan fingerprint density at radius 2 is 2.40 bits per heavy atom. The predicted octanol–water partition coefficient (Wildman–Crippen LogP) is 1.79. The summed E-state index contributed by atoms with van der Waals surface area (Å²) < 4.78 is 1.90. The van der Waals surface area contributed by atoms with Gasteiger partial charge in [-0.2, -0.15) is 5.10 Å². The van der Waals surface area contributed by atoms with Gasteiger partial charge in [-0.15, -0.1) is 12.3 Å². The van der Waals surface area contributed by atoms with E-state index in [9.17, 15) is 0 Å². The van der Waals surface area contributed by atoms with Gasteiger partial charge in [-0.25, -0.2) is 0 Å². The summed E-state index contributed by atoms with van der Waals surface area (Å²) in [5.74, 6) is 2.71. The molecule has 1 heterocycles. The quantitative estimate of drug-likeness (QED) is 0.743. The smallest absolute Gasteiger partial charge is 0.0602 e. The van der Waals surface area contributed by atoms with E-state index < -0.39 is 0 Å². The zero-order valence-electron chi connectivity index (χ0n) is 9.75. The van der Waals surface area contributed by atoms with Crippen LogP contribution in [0.15, 0.2) is 6.07 Å². The lowest BCUT2D eigenvalue weighted by Crippen LogP contribution is -2.23. The van der Waals surface area contributed by atoms with Crippen molar-refractivity contribution < 1.29 is 0 Å². The topological polar surface area (TPSA) is 29.9 Å². The largest absolute Gasteiger partial charge is 0.308 e. The minimum atomic E-state index is 0.223. The van der Waals surface area contributed by atoms with Gasteiger partial charge in [-0.05, 0) is 26.0 Å². The highest BCUT2D eigenvalue weighted by Gasteiger charge is 2.13. The van der Waals surface area contributed by atoms with Gasteiger partial charge in [0.25, 0.3) is 0 Å². The van der Waals surface area contributed by atoms with E-state index in [4.69, 9.17) is 6.42 Å². The number of aromatic nitrogens is 2. The Morgan fingerprint density at radius 3 is 2.87 bits per heavy atom. The molecule has 0 saturated heterocycles. The van der Waals surface area contributed by atoms with E-state index in [0.29, 0.717) is 6.42 Å². The first-order valence-corrected chi connectivity index (χ1v) is 5.36. The third-order valence-electron chi connectivity index (χ3n) is 2.36. The third kappa shape index (κ3) is 3.10. The molecule has 0 aromatic carbocycles. The van der Waals surface area contributed by atoms with Gasteiger partial charge in [-0.1, -0.05) is 6.92 Å². The minimum absolute atomic E-state index is 0.223. The maximum Gasteiger partial charge on any atom is 0.0602 e. The van der Waals surface area contributed by atoms with Crippen LogP contribution in [0.25, 0.3) is 0 Å². The molecule has 0 aliphatic carbocycles. The molecule has 0 fully saturated rings. The van der Waals surface area contributed by atoms with E-state index in [1.54, 1.807) is 0 Å². The Kier molecular flexibility index (Phi) is 4.38. The average molecular weight is 205 g/mol. The van der Waals surface area contributed by atoms with Crippen LogP contribution >= 0.6 is 0 Å². The Morgan fingerprint density at radius 1 is 1.67 bits per heavy atom. The van der Waals surface area contributed by atoms with Crippen molar-refractivity contribution >= 4 is 0 Å². The molecule has 0 saturated carbocycles. The number of rotatable bonds is 5. The van der Waals surface area contributed by atoms with E-state index in [1.165, 1.54) is 5.69 Å². The first-order valence-electron chi connectivity index (χ1n) is 5.36. The maximum atomic E-state index is 5.38. The Labute approximate surface area is 91.9 Å². The molecule has 1 unspecified atom stereocenters. The van der Waals surface area contributed by atoms with Crippen LogP contribution in [0.1, 0.15) is 37.2 Å². The fourth-order valence-electron chi connectivity index (χ4n) is 1.67. The highest BCUT2D eigenvalue weighted by atomic mass is 15.3. The number of hydrogen-bond acceptors (Lipinski definition) is 2. The van der Waals surface area contributed by atoms with E-state index >= 15 is 0 Å². The van der Waals surface area contributed by atoms with Crippen LogP contribution in [0, 0.1) is 19.3 Å². The molecule has 3 nitrogen and oxygen atoms in total. The summed E-state index contributed by atoms with van der Waals surface area (Å²) in [5.41, 5.74) is 2.20. The van der Waals surface area contributed by atoms with Crippen LogP contribution in [-0.2, 0) is 7.05 Å². The first-order chi connectivity index (χ1) is 7.19. The van der Waals surface area contributed by atoms with Crippen LogP contribution in [0.3, 0.4) is 0 Å². The second kappa shape index (κ2) is 5.57. The molecule has 0 spiro atoms. The molecule has 1 rings (SSSR count). The summed E-state index contributed by atoms with van der Waals surface area (Å²) in [6.45, 7) is 5.13. The average Bonchev–Trinajstić information content (AvgIpc) is 2.52. The van der Waals surface area contributed by atoms with Crippen molar-refractivity contribution in [2.24, 2.45) is 7.05 Å².